The van der Waals surface area contributed by atoms with Crippen molar-refractivity contribution in [3.63, 3.8) is 0 Å². The second-order valence-corrected chi connectivity index (χ2v) is 6.51. The maximum atomic E-state index is 12.2. The van der Waals surface area contributed by atoms with Crippen LogP contribution >= 0.6 is 0 Å². The van der Waals surface area contributed by atoms with Crippen molar-refractivity contribution >= 4 is 11.7 Å². The first kappa shape index (κ1) is 16.2. The van der Waals surface area contributed by atoms with Crippen molar-refractivity contribution in [3.8, 4) is 0 Å². The Kier molecular flexibility index (Phi) is 5.13. The second-order valence-electron chi connectivity index (χ2n) is 6.51. The van der Waals surface area contributed by atoms with E-state index in [2.05, 4.69) is 29.0 Å². The predicted octanol–water partition coefficient (Wildman–Crippen LogP) is 1.46. The lowest BCUT2D eigenvalue weighted by atomic mass is 10.1. The number of pyridine rings is 1. The normalized spacial score (nSPS) is 27.9. The molecule has 1 aromatic heterocycles. The molecule has 0 spiro atoms. The van der Waals surface area contributed by atoms with Crippen LogP contribution in [0.25, 0.3) is 0 Å². The number of nitrogens with one attached hydrogen (secondary N) is 1. The molecule has 1 N–H and O–H groups in total. The van der Waals surface area contributed by atoms with Crippen molar-refractivity contribution in [1.29, 1.82) is 0 Å². The average molecular weight is 319 g/mol. The lowest BCUT2D eigenvalue weighted by Gasteiger charge is -2.36. The number of rotatable bonds is 4. The van der Waals surface area contributed by atoms with E-state index in [-0.39, 0.29) is 18.1 Å². The number of amides is 1. The van der Waals surface area contributed by atoms with Crippen LogP contribution in [0.5, 0.6) is 0 Å². The third-order valence-electron chi connectivity index (χ3n) is 4.33. The van der Waals surface area contributed by atoms with Crippen LogP contribution in [0, 0.1) is 5.92 Å². The van der Waals surface area contributed by atoms with Crippen molar-refractivity contribution in [2.45, 2.75) is 32.5 Å². The highest BCUT2D eigenvalue weighted by Crippen LogP contribution is 2.18. The van der Waals surface area contributed by atoms with E-state index in [1.54, 1.807) is 6.20 Å². The van der Waals surface area contributed by atoms with Crippen molar-refractivity contribution in [3.05, 3.63) is 23.9 Å². The van der Waals surface area contributed by atoms with Crippen LogP contribution < -0.4 is 10.2 Å². The monoisotopic (exact) mass is 319 g/mol. The zero-order valence-corrected chi connectivity index (χ0v) is 13.8. The van der Waals surface area contributed by atoms with E-state index in [1.165, 1.54) is 0 Å². The summed E-state index contributed by atoms with van der Waals surface area (Å²) in [6.45, 7) is 7.99. The Hall–Kier alpha value is -1.66. The van der Waals surface area contributed by atoms with Gasteiger partial charge in [0, 0.05) is 38.4 Å². The molecule has 2 fully saturated rings. The molecule has 0 bridgehead atoms. The summed E-state index contributed by atoms with van der Waals surface area (Å²) in [6, 6.07) is 3.76. The molecule has 2 aliphatic heterocycles. The summed E-state index contributed by atoms with van der Waals surface area (Å²) in [5.74, 6) is 1.26. The molecule has 0 aromatic carbocycles. The first-order chi connectivity index (χ1) is 11.1. The summed E-state index contributed by atoms with van der Waals surface area (Å²) in [5, 5.41) is 2.96. The van der Waals surface area contributed by atoms with E-state index in [0.717, 1.165) is 38.5 Å². The number of ether oxygens (including phenoxy) is 2. The molecule has 1 aromatic rings. The van der Waals surface area contributed by atoms with E-state index >= 15 is 0 Å². The Morgan fingerprint density at radius 1 is 1.35 bits per heavy atom. The lowest BCUT2D eigenvalue weighted by molar-refractivity contribution is -0.00546. The fourth-order valence-corrected chi connectivity index (χ4v) is 3.16. The summed E-state index contributed by atoms with van der Waals surface area (Å²) >= 11 is 0. The van der Waals surface area contributed by atoms with Gasteiger partial charge in [-0.2, -0.15) is 0 Å². The van der Waals surface area contributed by atoms with Crippen molar-refractivity contribution in [2.75, 3.05) is 37.7 Å². The van der Waals surface area contributed by atoms with Gasteiger partial charge < -0.3 is 19.7 Å². The zero-order chi connectivity index (χ0) is 16.2. The van der Waals surface area contributed by atoms with E-state index in [1.807, 2.05) is 12.1 Å². The van der Waals surface area contributed by atoms with E-state index in [9.17, 15) is 4.79 Å². The maximum absolute atomic E-state index is 12.2. The molecular formula is C17H25N3O3. The maximum Gasteiger partial charge on any atom is 0.252 e. The number of anilines is 1. The Bertz CT molecular complexity index is 518. The van der Waals surface area contributed by atoms with Gasteiger partial charge in [-0.15, -0.1) is 0 Å². The van der Waals surface area contributed by atoms with Crippen molar-refractivity contribution < 1.29 is 14.3 Å². The number of carbonyl (C=O) groups excluding carboxylic acids is 1. The van der Waals surface area contributed by atoms with Crippen LogP contribution in [0.2, 0.25) is 0 Å². The zero-order valence-electron chi connectivity index (χ0n) is 13.8. The highest BCUT2D eigenvalue weighted by Gasteiger charge is 2.23. The topological polar surface area (TPSA) is 63.7 Å². The molecule has 0 unspecified atom stereocenters. The van der Waals surface area contributed by atoms with Gasteiger partial charge in [-0.1, -0.05) is 0 Å². The van der Waals surface area contributed by atoms with Gasteiger partial charge in [0.2, 0.25) is 0 Å². The van der Waals surface area contributed by atoms with E-state index < -0.39 is 0 Å². The lowest BCUT2D eigenvalue weighted by Crippen LogP contribution is -2.45. The van der Waals surface area contributed by atoms with Gasteiger partial charge >= 0.3 is 0 Å². The predicted molar refractivity (Wildman–Crippen MR) is 87.7 cm³/mol. The van der Waals surface area contributed by atoms with Gasteiger partial charge in [0.25, 0.3) is 5.91 Å². The van der Waals surface area contributed by atoms with Gasteiger partial charge in [-0.05, 0) is 32.4 Å². The fourth-order valence-electron chi connectivity index (χ4n) is 3.16. The number of nitrogens with zero attached hydrogens (tertiary/aromatic N) is 2. The Labute approximate surface area is 137 Å². The minimum absolute atomic E-state index is 0.0698. The largest absolute Gasteiger partial charge is 0.381 e. The Morgan fingerprint density at radius 3 is 2.74 bits per heavy atom. The van der Waals surface area contributed by atoms with Crippen LogP contribution in [-0.2, 0) is 9.47 Å². The third kappa shape index (κ3) is 4.20. The number of hydrogen-bond acceptors (Lipinski definition) is 5. The molecule has 23 heavy (non-hydrogen) atoms. The molecule has 3 atom stereocenters. The van der Waals surface area contributed by atoms with Crippen LogP contribution in [0.15, 0.2) is 18.3 Å². The van der Waals surface area contributed by atoms with Gasteiger partial charge in [-0.25, -0.2) is 4.98 Å². The molecule has 1 amide bonds. The van der Waals surface area contributed by atoms with Crippen LogP contribution in [0.3, 0.4) is 0 Å². The summed E-state index contributed by atoms with van der Waals surface area (Å²) in [4.78, 5) is 18.8. The standard InChI is InChI=1S/C17H25N3O3/c1-12-9-20(10-13(2)23-12)16-4-3-15(8-18-16)17(21)19-7-14-5-6-22-11-14/h3-4,8,12-14H,5-7,9-11H2,1-2H3,(H,19,21)/t12-,13-,14-/m1/s1. The quantitative estimate of drug-likeness (QED) is 0.910. The first-order valence-corrected chi connectivity index (χ1v) is 8.34. The fraction of sp³-hybridized carbons (Fsp3) is 0.647. The van der Waals surface area contributed by atoms with Crippen LogP contribution in [0.4, 0.5) is 5.82 Å². The summed E-state index contributed by atoms with van der Waals surface area (Å²) < 4.78 is 11.1. The van der Waals surface area contributed by atoms with Crippen LogP contribution in [-0.4, -0.2) is 55.9 Å². The summed E-state index contributed by atoms with van der Waals surface area (Å²) in [5.41, 5.74) is 0.599. The molecular weight excluding hydrogens is 294 g/mol. The van der Waals surface area contributed by atoms with Gasteiger partial charge in [0.05, 0.1) is 24.4 Å². The number of carbonyl (C=O) groups is 1. The number of morpholine rings is 1. The highest BCUT2D eigenvalue weighted by atomic mass is 16.5. The molecule has 3 rings (SSSR count). The van der Waals surface area contributed by atoms with Gasteiger partial charge in [0.15, 0.2) is 0 Å². The molecule has 0 radical (unpaired) electrons. The minimum atomic E-state index is -0.0698. The number of aromatic nitrogens is 1. The molecule has 3 heterocycles. The number of hydrogen-bond donors (Lipinski definition) is 1. The molecule has 126 valence electrons. The molecule has 6 nitrogen and oxygen atoms in total. The third-order valence-corrected chi connectivity index (χ3v) is 4.33. The second kappa shape index (κ2) is 7.27. The molecule has 0 saturated carbocycles. The Balaban J connectivity index is 1.56. The van der Waals surface area contributed by atoms with Gasteiger partial charge in [-0.3, -0.25) is 4.79 Å². The van der Waals surface area contributed by atoms with E-state index in [4.69, 9.17) is 9.47 Å². The highest BCUT2D eigenvalue weighted by molar-refractivity contribution is 5.94. The minimum Gasteiger partial charge on any atom is -0.381 e. The Morgan fingerprint density at radius 2 is 2.13 bits per heavy atom. The van der Waals surface area contributed by atoms with E-state index in [0.29, 0.717) is 18.0 Å². The average Bonchev–Trinajstić information content (AvgIpc) is 3.05. The SMILES string of the molecule is C[C@@H]1CN(c2ccc(C(=O)NC[C@H]3CCOC3)cn2)C[C@@H](C)O1. The molecule has 6 heteroatoms. The van der Waals surface area contributed by atoms with Gasteiger partial charge in [0.1, 0.15) is 5.82 Å². The smallest absolute Gasteiger partial charge is 0.252 e. The summed E-state index contributed by atoms with van der Waals surface area (Å²) in [6.07, 6.45) is 3.06. The first-order valence-electron chi connectivity index (χ1n) is 8.34. The van der Waals surface area contributed by atoms with Crippen molar-refractivity contribution in [1.82, 2.24) is 10.3 Å². The van der Waals surface area contributed by atoms with Crippen LogP contribution in [0.1, 0.15) is 30.6 Å². The van der Waals surface area contributed by atoms with Crippen molar-refractivity contribution in [2.24, 2.45) is 5.92 Å². The summed E-state index contributed by atoms with van der Waals surface area (Å²) in [7, 11) is 0. The molecule has 2 saturated heterocycles. The molecule has 2 aliphatic rings. The molecule has 0 aliphatic carbocycles.